The average Bonchev–Trinajstić information content (AvgIpc) is 3.15. The van der Waals surface area contributed by atoms with Gasteiger partial charge in [0, 0.05) is 23.7 Å². The SMILES string of the molecule is O=C(c1nc(-c2ccccc2)n(-c2ccc(Cl)cc2)n1)N1CCOCC1. The van der Waals surface area contributed by atoms with E-state index in [4.69, 9.17) is 16.3 Å². The molecular weight excluding hydrogens is 352 g/mol. The van der Waals surface area contributed by atoms with Gasteiger partial charge in [0.25, 0.3) is 5.91 Å². The Bertz CT molecular complexity index is 903. The van der Waals surface area contributed by atoms with Gasteiger partial charge >= 0.3 is 0 Å². The largest absolute Gasteiger partial charge is 0.378 e. The molecule has 1 aliphatic heterocycles. The van der Waals surface area contributed by atoms with Gasteiger partial charge < -0.3 is 9.64 Å². The van der Waals surface area contributed by atoms with Crippen LogP contribution in [0.2, 0.25) is 5.02 Å². The van der Waals surface area contributed by atoms with Crippen LogP contribution in [-0.2, 0) is 4.74 Å². The molecule has 26 heavy (non-hydrogen) atoms. The number of rotatable bonds is 3. The number of morpholine rings is 1. The van der Waals surface area contributed by atoms with Crippen molar-refractivity contribution in [3.05, 3.63) is 65.4 Å². The third kappa shape index (κ3) is 3.34. The molecule has 6 nitrogen and oxygen atoms in total. The minimum Gasteiger partial charge on any atom is -0.378 e. The minimum absolute atomic E-state index is 0.181. The highest BCUT2D eigenvalue weighted by Gasteiger charge is 2.24. The number of aromatic nitrogens is 3. The summed E-state index contributed by atoms with van der Waals surface area (Å²) in [5, 5.41) is 5.13. The van der Waals surface area contributed by atoms with Crippen molar-refractivity contribution in [1.29, 1.82) is 0 Å². The van der Waals surface area contributed by atoms with Gasteiger partial charge in [-0.2, -0.15) is 0 Å². The lowest BCUT2D eigenvalue weighted by atomic mass is 10.2. The molecule has 2 aromatic carbocycles. The number of hydrogen-bond donors (Lipinski definition) is 0. The Labute approximate surface area is 156 Å². The molecule has 1 fully saturated rings. The summed E-state index contributed by atoms with van der Waals surface area (Å²) in [5.74, 6) is 0.614. The molecule has 7 heteroatoms. The van der Waals surface area contributed by atoms with Gasteiger partial charge in [0.05, 0.1) is 18.9 Å². The fraction of sp³-hybridized carbons (Fsp3) is 0.211. The van der Waals surface area contributed by atoms with Crippen LogP contribution in [0.5, 0.6) is 0 Å². The van der Waals surface area contributed by atoms with Crippen LogP contribution in [0.25, 0.3) is 17.1 Å². The van der Waals surface area contributed by atoms with Gasteiger partial charge in [-0.25, -0.2) is 9.67 Å². The Hall–Kier alpha value is -2.70. The Morgan fingerprint density at radius 3 is 2.38 bits per heavy atom. The molecule has 1 saturated heterocycles. The first kappa shape index (κ1) is 16.8. The van der Waals surface area contributed by atoms with E-state index >= 15 is 0 Å². The fourth-order valence-corrected chi connectivity index (χ4v) is 2.97. The Morgan fingerprint density at radius 2 is 1.69 bits per heavy atom. The molecule has 0 spiro atoms. The quantitative estimate of drug-likeness (QED) is 0.713. The first-order valence-corrected chi connectivity index (χ1v) is 8.75. The molecule has 2 heterocycles. The van der Waals surface area contributed by atoms with Crippen molar-refractivity contribution in [2.45, 2.75) is 0 Å². The summed E-state index contributed by atoms with van der Waals surface area (Å²) in [6.45, 7) is 2.17. The molecule has 0 N–H and O–H groups in total. The summed E-state index contributed by atoms with van der Waals surface area (Å²) in [4.78, 5) is 19.1. The second-order valence-electron chi connectivity index (χ2n) is 5.92. The highest BCUT2D eigenvalue weighted by Crippen LogP contribution is 2.22. The molecule has 0 saturated carbocycles. The van der Waals surface area contributed by atoms with E-state index in [1.165, 1.54) is 0 Å². The summed E-state index contributed by atoms with van der Waals surface area (Å²) in [5.41, 5.74) is 1.68. The number of hydrogen-bond acceptors (Lipinski definition) is 4. The lowest BCUT2D eigenvalue weighted by Crippen LogP contribution is -2.41. The average molecular weight is 369 g/mol. The van der Waals surface area contributed by atoms with Crippen LogP contribution >= 0.6 is 11.6 Å². The standard InChI is InChI=1S/C19H17ClN4O2/c20-15-6-8-16(9-7-15)24-18(14-4-2-1-3-5-14)21-17(22-24)19(25)23-10-12-26-13-11-23/h1-9H,10-13H2. The summed E-state index contributed by atoms with van der Waals surface area (Å²) in [6.07, 6.45) is 0. The second kappa shape index (κ2) is 7.27. The molecule has 1 amide bonds. The zero-order valence-corrected chi connectivity index (χ0v) is 14.8. The molecule has 0 aliphatic carbocycles. The first-order valence-electron chi connectivity index (χ1n) is 8.38. The van der Waals surface area contributed by atoms with Gasteiger partial charge in [-0.15, -0.1) is 5.10 Å². The van der Waals surface area contributed by atoms with Crippen molar-refractivity contribution in [3.63, 3.8) is 0 Å². The van der Waals surface area contributed by atoms with Crippen molar-refractivity contribution in [2.75, 3.05) is 26.3 Å². The number of halogens is 1. The molecule has 132 valence electrons. The molecular formula is C19H17ClN4O2. The second-order valence-corrected chi connectivity index (χ2v) is 6.35. The van der Waals surface area contributed by atoms with E-state index < -0.39 is 0 Å². The van der Waals surface area contributed by atoms with Crippen LogP contribution < -0.4 is 0 Å². The van der Waals surface area contributed by atoms with E-state index in [1.807, 2.05) is 42.5 Å². The number of carbonyl (C=O) groups excluding carboxylic acids is 1. The minimum atomic E-state index is -0.182. The predicted molar refractivity (Wildman–Crippen MR) is 98.5 cm³/mol. The van der Waals surface area contributed by atoms with E-state index in [0.717, 1.165) is 11.3 Å². The monoisotopic (exact) mass is 368 g/mol. The molecule has 0 unspecified atom stereocenters. The van der Waals surface area contributed by atoms with Gasteiger partial charge in [0.15, 0.2) is 5.82 Å². The smallest absolute Gasteiger partial charge is 0.293 e. The van der Waals surface area contributed by atoms with Crippen molar-refractivity contribution < 1.29 is 9.53 Å². The lowest BCUT2D eigenvalue weighted by molar-refractivity contribution is 0.0295. The van der Waals surface area contributed by atoms with E-state index in [1.54, 1.807) is 21.7 Å². The van der Waals surface area contributed by atoms with Crippen LogP contribution in [0.1, 0.15) is 10.6 Å². The van der Waals surface area contributed by atoms with Crippen LogP contribution in [0.4, 0.5) is 0 Å². The van der Waals surface area contributed by atoms with E-state index in [9.17, 15) is 4.79 Å². The lowest BCUT2D eigenvalue weighted by Gasteiger charge is -2.25. The summed E-state index contributed by atoms with van der Waals surface area (Å²) in [7, 11) is 0. The van der Waals surface area contributed by atoms with Gasteiger partial charge in [-0.1, -0.05) is 41.9 Å². The molecule has 4 rings (SSSR count). The van der Waals surface area contributed by atoms with E-state index in [-0.39, 0.29) is 11.7 Å². The topological polar surface area (TPSA) is 60.2 Å². The van der Waals surface area contributed by atoms with Crippen molar-refractivity contribution in [2.24, 2.45) is 0 Å². The number of amides is 1. The number of nitrogens with zero attached hydrogens (tertiary/aromatic N) is 4. The molecule has 3 aromatic rings. The van der Waals surface area contributed by atoms with Crippen molar-refractivity contribution in [1.82, 2.24) is 19.7 Å². The van der Waals surface area contributed by atoms with Crippen molar-refractivity contribution >= 4 is 17.5 Å². The molecule has 0 atom stereocenters. The van der Waals surface area contributed by atoms with Crippen LogP contribution in [-0.4, -0.2) is 51.9 Å². The normalized spacial score (nSPS) is 14.4. The Balaban J connectivity index is 1.77. The summed E-state index contributed by atoms with van der Waals surface area (Å²) in [6, 6.07) is 17.0. The van der Waals surface area contributed by atoms with Crippen LogP contribution in [0.15, 0.2) is 54.6 Å². The third-order valence-electron chi connectivity index (χ3n) is 4.20. The maximum Gasteiger partial charge on any atom is 0.293 e. The van der Waals surface area contributed by atoms with Gasteiger partial charge in [0.2, 0.25) is 5.82 Å². The number of carbonyl (C=O) groups is 1. The zero-order valence-electron chi connectivity index (χ0n) is 14.0. The van der Waals surface area contributed by atoms with Gasteiger partial charge in [-0.05, 0) is 24.3 Å². The summed E-state index contributed by atoms with van der Waals surface area (Å²) >= 11 is 6.00. The maximum absolute atomic E-state index is 12.8. The molecule has 1 aromatic heterocycles. The Kier molecular flexibility index (Phi) is 4.69. The highest BCUT2D eigenvalue weighted by atomic mass is 35.5. The first-order chi connectivity index (χ1) is 12.7. The van der Waals surface area contributed by atoms with Crippen molar-refractivity contribution in [3.8, 4) is 17.1 Å². The third-order valence-corrected chi connectivity index (χ3v) is 4.45. The number of benzene rings is 2. The summed E-state index contributed by atoms with van der Waals surface area (Å²) < 4.78 is 6.99. The van der Waals surface area contributed by atoms with Crippen LogP contribution in [0, 0.1) is 0 Å². The molecule has 1 aliphatic rings. The van der Waals surface area contributed by atoms with Gasteiger partial charge in [0.1, 0.15) is 0 Å². The van der Waals surface area contributed by atoms with E-state index in [0.29, 0.717) is 37.2 Å². The maximum atomic E-state index is 12.8. The van der Waals surface area contributed by atoms with E-state index in [2.05, 4.69) is 10.1 Å². The predicted octanol–water partition coefficient (Wildman–Crippen LogP) is 3.06. The molecule has 0 bridgehead atoms. The highest BCUT2D eigenvalue weighted by molar-refractivity contribution is 6.30. The number of ether oxygens (including phenoxy) is 1. The Morgan fingerprint density at radius 1 is 1.00 bits per heavy atom. The van der Waals surface area contributed by atoms with Gasteiger partial charge in [-0.3, -0.25) is 4.79 Å². The molecule has 0 radical (unpaired) electrons. The zero-order chi connectivity index (χ0) is 17.9. The fourth-order valence-electron chi connectivity index (χ4n) is 2.85. The van der Waals surface area contributed by atoms with Crippen LogP contribution in [0.3, 0.4) is 0 Å².